The zero-order valence-corrected chi connectivity index (χ0v) is 8.07. The van der Waals surface area contributed by atoms with Gasteiger partial charge in [0.05, 0.1) is 0 Å². The van der Waals surface area contributed by atoms with E-state index in [4.69, 9.17) is 29.0 Å². The molecule has 6 nitrogen and oxygen atoms in total. The highest BCUT2D eigenvalue weighted by atomic mass is 32.3. The first-order chi connectivity index (χ1) is 5.83. The second kappa shape index (κ2) is 18.1. The number of hydrogen-bond donors (Lipinski definition) is 4. The van der Waals surface area contributed by atoms with Gasteiger partial charge in [0.25, 0.3) is 0 Å². The van der Waals surface area contributed by atoms with Gasteiger partial charge in [-0.15, -0.1) is 13.2 Å². The van der Waals surface area contributed by atoms with Crippen LogP contribution in [0.15, 0.2) is 25.3 Å². The average molecular weight is 228 g/mol. The summed E-state index contributed by atoms with van der Waals surface area (Å²) in [6.45, 7) is 7.87. The Labute approximate surface area is 85.9 Å². The molecule has 0 fully saturated rings. The van der Waals surface area contributed by atoms with Crippen LogP contribution < -0.4 is 11.5 Å². The molecule has 0 amide bonds. The lowest BCUT2D eigenvalue weighted by atomic mass is 10.7. The summed E-state index contributed by atoms with van der Waals surface area (Å²) < 4.78 is 31.6. The van der Waals surface area contributed by atoms with Gasteiger partial charge in [-0.1, -0.05) is 19.6 Å². The van der Waals surface area contributed by atoms with Gasteiger partial charge in [0.2, 0.25) is 0 Å². The van der Waals surface area contributed by atoms with E-state index in [1.54, 1.807) is 12.2 Å². The van der Waals surface area contributed by atoms with Crippen LogP contribution >= 0.6 is 0 Å². The van der Waals surface area contributed by atoms with Crippen molar-refractivity contribution in [1.29, 1.82) is 0 Å². The van der Waals surface area contributed by atoms with Crippen LogP contribution in [0.4, 0.5) is 0 Å². The molecule has 0 radical (unpaired) electrons. The molecular weight excluding hydrogens is 208 g/mol. The summed E-state index contributed by atoms with van der Waals surface area (Å²) in [4.78, 5) is 0. The van der Waals surface area contributed by atoms with Gasteiger partial charge >= 0.3 is 10.4 Å². The van der Waals surface area contributed by atoms with E-state index in [9.17, 15) is 0 Å². The van der Waals surface area contributed by atoms with Crippen LogP contribution in [0.1, 0.15) is 7.43 Å². The van der Waals surface area contributed by atoms with Crippen molar-refractivity contribution in [2.45, 2.75) is 7.43 Å². The predicted molar refractivity (Wildman–Crippen MR) is 59.4 cm³/mol. The van der Waals surface area contributed by atoms with Gasteiger partial charge in [0.1, 0.15) is 0 Å². The molecule has 0 saturated heterocycles. The molecule has 0 spiro atoms. The lowest BCUT2D eigenvalue weighted by Crippen LogP contribution is -1.90. The third kappa shape index (κ3) is 737. The molecule has 6 N–H and O–H groups in total. The minimum Gasteiger partial charge on any atom is -0.327 e. The first-order valence-electron chi connectivity index (χ1n) is 3.15. The molecule has 14 heavy (non-hydrogen) atoms. The molecule has 0 rings (SSSR count). The van der Waals surface area contributed by atoms with Crippen molar-refractivity contribution in [2.75, 3.05) is 13.1 Å². The number of nitrogens with two attached hydrogens (primary N) is 2. The largest absolute Gasteiger partial charge is 0.394 e. The van der Waals surface area contributed by atoms with Gasteiger partial charge in [-0.2, -0.15) is 8.42 Å². The van der Waals surface area contributed by atoms with Crippen molar-refractivity contribution in [1.82, 2.24) is 0 Å². The van der Waals surface area contributed by atoms with E-state index in [-0.39, 0.29) is 7.43 Å². The molecule has 0 aliphatic carbocycles. The van der Waals surface area contributed by atoms with Gasteiger partial charge in [-0.25, -0.2) is 0 Å². The quantitative estimate of drug-likeness (QED) is 0.396. The maximum atomic E-state index is 8.74. The molecule has 7 heteroatoms. The molecule has 0 aliphatic heterocycles. The minimum atomic E-state index is -4.67. The van der Waals surface area contributed by atoms with Crippen LogP contribution in [0.25, 0.3) is 0 Å². The normalized spacial score (nSPS) is 7.71. The Morgan fingerprint density at radius 2 is 1.14 bits per heavy atom. The molecule has 0 atom stereocenters. The van der Waals surface area contributed by atoms with Crippen molar-refractivity contribution >= 4 is 10.4 Å². The van der Waals surface area contributed by atoms with E-state index in [0.29, 0.717) is 13.1 Å². The Balaban J connectivity index is -0.0000000522. The summed E-state index contributed by atoms with van der Waals surface area (Å²) >= 11 is 0. The fraction of sp³-hybridized carbons (Fsp3) is 0.429. The summed E-state index contributed by atoms with van der Waals surface area (Å²) in [6, 6.07) is 0. The first kappa shape index (κ1) is 23.2. The van der Waals surface area contributed by atoms with Crippen molar-refractivity contribution in [3.05, 3.63) is 25.3 Å². The molecule has 0 saturated carbocycles. The van der Waals surface area contributed by atoms with Crippen LogP contribution in [0.2, 0.25) is 0 Å². The van der Waals surface area contributed by atoms with Gasteiger partial charge in [-0.05, 0) is 0 Å². The van der Waals surface area contributed by atoms with Crippen molar-refractivity contribution in [3.63, 3.8) is 0 Å². The molecule has 0 aliphatic rings. The molecular formula is C7H20N2O4S. The Bertz CT molecular complexity index is 186. The Morgan fingerprint density at radius 3 is 1.14 bits per heavy atom. The maximum Gasteiger partial charge on any atom is 0.394 e. The third-order valence-electron chi connectivity index (χ3n) is 0.333. The van der Waals surface area contributed by atoms with Crippen LogP contribution in [0.3, 0.4) is 0 Å². The summed E-state index contributed by atoms with van der Waals surface area (Å²) in [5, 5.41) is 0. The summed E-state index contributed by atoms with van der Waals surface area (Å²) in [6.07, 6.45) is 3.31. The van der Waals surface area contributed by atoms with E-state index in [1.165, 1.54) is 0 Å². The van der Waals surface area contributed by atoms with Crippen LogP contribution in [0.5, 0.6) is 0 Å². The Hall–Kier alpha value is -0.730. The van der Waals surface area contributed by atoms with Gasteiger partial charge in [0.15, 0.2) is 0 Å². The summed E-state index contributed by atoms with van der Waals surface area (Å²) in [5.41, 5.74) is 9.82. The average Bonchev–Trinajstić information content (AvgIpc) is 2.01. The molecule has 0 heterocycles. The van der Waals surface area contributed by atoms with Gasteiger partial charge < -0.3 is 11.5 Å². The second-order valence-corrected chi connectivity index (χ2v) is 2.39. The van der Waals surface area contributed by atoms with Crippen LogP contribution in [-0.4, -0.2) is 30.6 Å². The Morgan fingerprint density at radius 1 is 1.07 bits per heavy atom. The van der Waals surface area contributed by atoms with E-state index in [0.717, 1.165) is 0 Å². The van der Waals surface area contributed by atoms with E-state index >= 15 is 0 Å². The summed E-state index contributed by atoms with van der Waals surface area (Å²) in [7, 11) is -4.67. The van der Waals surface area contributed by atoms with Crippen molar-refractivity contribution < 1.29 is 17.5 Å². The zero-order chi connectivity index (χ0) is 11.3. The highest BCUT2D eigenvalue weighted by molar-refractivity contribution is 7.79. The minimum absolute atomic E-state index is 0. The highest BCUT2D eigenvalue weighted by Gasteiger charge is 1.84. The van der Waals surface area contributed by atoms with E-state index in [1.807, 2.05) is 0 Å². The van der Waals surface area contributed by atoms with Gasteiger partial charge in [-0.3, -0.25) is 9.11 Å². The monoisotopic (exact) mass is 228 g/mol. The standard InChI is InChI=1S/2C3H7N.CH4.H2O4S/c2*1-2-3-4;;1-5(2,3)4/h2*2H,1,3-4H2;1H4;(H2,1,2,3,4). The number of rotatable bonds is 2. The second-order valence-electron chi connectivity index (χ2n) is 1.50. The fourth-order valence-corrected chi connectivity index (χ4v) is 0. The lowest BCUT2D eigenvalue weighted by molar-refractivity contribution is 0.381. The topological polar surface area (TPSA) is 127 Å². The molecule has 0 bridgehead atoms. The number of hydrogen-bond acceptors (Lipinski definition) is 4. The van der Waals surface area contributed by atoms with Crippen molar-refractivity contribution in [2.24, 2.45) is 11.5 Å². The third-order valence-corrected chi connectivity index (χ3v) is 0.333. The molecule has 0 unspecified atom stereocenters. The van der Waals surface area contributed by atoms with Crippen molar-refractivity contribution in [3.8, 4) is 0 Å². The van der Waals surface area contributed by atoms with E-state index in [2.05, 4.69) is 13.2 Å². The zero-order valence-electron chi connectivity index (χ0n) is 7.26. The molecule has 0 aromatic carbocycles. The molecule has 0 aromatic heterocycles. The summed E-state index contributed by atoms with van der Waals surface area (Å²) in [5.74, 6) is 0. The predicted octanol–water partition coefficient (Wildman–Crippen LogP) is 0.246. The maximum absolute atomic E-state index is 8.74. The fourth-order valence-electron chi connectivity index (χ4n) is 0. The highest BCUT2D eigenvalue weighted by Crippen LogP contribution is 1.59. The SMILES string of the molecule is C.C=CCN.C=CCN.O=S(=O)(O)O. The van der Waals surface area contributed by atoms with Crippen LogP contribution in [0, 0.1) is 0 Å². The smallest absolute Gasteiger partial charge is 0.327 e. The van der Waals surface area contributed by atoms with E-state index < -0.39 is 10.4 Å². The first-order valence-corrected chi connectivity index (χ1v) is 4.54. The molecule has 88 valence electrons. The van der Waals surface area contributed by atoms with Crippen LogP contribution in [-0.2, 0) is 10.4 Å². The lowest BCUT2D eigenvalue weighted by Gasteiger charge is -1.68. The Kier molecular flexibility index (Phi) is 30.1. The van der Waals surface area contributed by atoms with Gasteiger partial charge in [0, 0.05) is 13.1 Å². The molecule has 0 aromatic rings.